The van der Waals surface area contributed by atoms with Gasteiger partial charge in [-0.05, 0) is 29.5 Å². The van der Waals surface area contributed by atoms with E-state index < -0.39 is 11.4 Å². The summed E-state index contributed by atoms with van der Waals surface area (Å²) < 4.78 is 0. The Kier molecular flexibility index (Phi) is 2.44. The highest BCUT2D eigenvalue weighted by molar-refractivity contribution is 5.87. The predicted octanol–water partition coefficient (Wildman–Crippen LogP) is 3.00. The standard InChI is InChI=1S/C16H14O2/c17-15(18)16(13-7-2-1-3-8-13)11-10-12-6-4-5-9-14(12)16/h1-9H,10-11H2,(H,17,18). The van der Waals surface area contributed by atoms with E-state index in [2.05, 4.69) is 0 Å². The molecule has 0 fully saturated rings. The molecule has 0 aliphatic heterocycles. The molecule has 1 N–H and O–H groups in total. The fourth-order valence-electron chi connectivity index (χ4n) is 2.98. The van der Waals surface area contributed by atoms with Gasteiger partial charge in [0.1, 0.15) is 5.41 Å². The molecule has 2 nitrogen and oxygen atoms in total. The molecule has 0 heterocycles. The number of aliphatic carboxylic acids is 1. The first kappa shape index (κ1) is 11.0. The Bertz CT molecular complexity index is 589. The van der Waals surface area contributed by atoms with Crippen molar-refractivity contribution < 1.29 is 9.90 Å². The van der Waals surface area contributed by atoms with E-state index in [1.165, 1.54) is 0 Å². The summed E-state index contributed by atoms with van der Waals surface area (Å²) >= 11 is 0. The largest absolute Gasteiger partial charge is 0.480 e. The molecule has 18 heavy (non-hydrogen) atoms. The van der Waals surface area contributed by atoms with Crippen LogP contribution in [0, 0.1) is 0 Å². The number of benzene rings is 2. The molecule has 0 radical (unpaired) electrons. The van der Waals surface area contributed by atoms with E-state index in [0.717, 1.165) is 23.1 Å². The van der Waals surface area contributed by atoms with Gasteiger partial charge in [-0.3, -0.25) is 4.79 Å². The maximum atomic E-state index is 11.9. The summed E-state index contributed by atoms with van der Waals surface area (Å²) in [7, 11) is 0. The smallest absolute Gasteiger partial charge is 0.318 e. The zero-order chi connectivity index (χ0) is 12.6. The quantitative estimate of drug-likeness (QED) is 0.873. The molecular weight excluding hydrogens is 224 g/mol. The van der Waals surface area contributed by atoms with E-state index >= 15 is 0 Å². The Hall–Kier alpha value is -2.09. The maximum Gasteiger partial charge on any atom is 0.318 e. The van der Waals surface area contributed by atoms with Gasteiger partial charge in [-0.2, -0.15) is 0 Å². The lowest BCUT2D eigenvalue weighted by molar-refractivity contribution is -0.142. The zero-order valence-corrected chi connectivity index (χ0v) is 9.97. The molecule has 0 aromatic heterocycles. The summed E-state index contributed by atoms with van der Waals surface area (Å²) in [6, 6.07) is 17.4. The first-order valence-corrected chi connectivity index (χ1v) is 6.12. The molecule has 1 unspecified atom stereocenters. The molecule has 2 heteroatoms. The summed E-state index contributed by atoms with van der Waals surface area (Å²) in [5, 5.41) is 9.76. The molecule has 90 valence electrons. The third-order valence-electron chi connectivity index (χ3n) is 3.88. The first-order valence-electron chi connectivity index (χ1n) is 6.12. The van der Waals surface area contributed by atoms with E-state index in [0.29, 0.717) is 6.42 Å². The first-order chi connectivity index (χ1) is 8.75. The number of fused-ring (bicyclic) bond motifs is 1. The highest BCUT2D eigenvalue weighted by Crippen LogP contribution is 2.44. The molecule has 0 amide bonds. The Morgan fingerprint density at radius 1 is 1.00 bits per heavy atom. The molecule has 0 spiro atoms. The Balaban J connectivity index is 2.25. The van der Waals surface area contributed by atoms with Gasteiger partial charge in [0.25, 0.3) is 0 Å². The number of carbonyl (C=O) groups is 1. The second-order valence-corrected chi connectivity index (χ2v) is 4.73. The maximum absolute atomic E-state index is 11.9. The molecule has 2 aromatic carbocycles. The number of carboxylic acids is 1. The summed E-state index contributed by atoms with van der Waals surface area (Å²) in [5.74, 6) is -0.751. The van der Waals surface area contributed by atoms with E-state index in [9.17, 15) is 9.90 Å². The SMILES string of the molecule is O=C(O)C1(c2ccccc2)CCc2ccccc21. The number of carboxylic acid groups (broad SMARTS) is 1. The van der Waals surface area contributed by atoms with E-state index in [1.54, 1.807) is 0 Å². The van der Waals surface area contributed by atoms with Gasteiger partial charge >= 0.3 is 5.97 Å². The number of hydrogen-bond donors (Lipinski definition) is 1. The molecule has 1 aliphatic carbocycles. The number of rotatable bonds is 2. The van der Waals surface area contributed by atoms with E-state index in [-0.39, 0.29) is 0 Å². The van der Waals surface area contributed by atoms with Gasteiger partial charge in [0.05, 0.1) is 0 Å². The molecule has 1 aliphatic rings. The molecule has 3 rings (SSSR count). The minimum Gasteiger partial charge on any atom is -0.480 e. The lowest BCUT2D eigenvalue weighted by Crippen LogP contribution is -2.34. The number of aryl methyl sites for hydroxylation is 1. The minimum atomic E-state index is -0.863. The van der Waals surface area contributed by atoms with Gasteiger partial charge in [-0.1, -0.05) is 54.6 Å². The van der Waals surface area contributed by atoms with E-state index in [4.69, 9.17) is 0 Å². The van der Waals surface area contributed by atoms with Crippen LogP contribution >= 0.6 is 0 Å². The summed E-state index contributed by atoms with van der Waals surface area (Å²) in [6.45, 7) is 0. The molecule has 2 aromatic rings. The van der Waals surface area contributed by atoms with Crippen molar-refractivity contribution >= 4 is 5.97 Å². The molecule has 0 saturated carbocycles. The summed E-state index contributed by atoms with van der Waals surface area (Å²) in [4.78, 5) is 11.9. The van der Waals surface area contributed by atoms with Gasteiger partial charge in [0.2, 0.25) is 0 Å². The summed E-state index contributed by atoms with van der Waals surface area (Å²) in [6.07, 6.45) is 1.48. The monoisotopic (exact) mass is 238 g/mol. The fourth-order valence-corrected chi connectivity index (χ4v) is 2.98. The zero-order valence-electron chi connectivity index (χ0n) is 9.97. The lowest BCUT2D eigenvalue weighted by Gasteiger charge is -2.26. The van der Waals surface area contributed by atoms with E-state index in [1.807, 2.05) is 54.6 Å². The molecule has 0 bridgehead atoms. The van der Waals surface area contributed by atoms with Crippen LogP contribution in [0.2, 0.25) is 0 Å². The van der Waals surface area contributed by atoms with Crippen LogP contribution in [0.5, 0.6) is 0 Å². The fraction of sp³-hybridized carbons (Fsp3) is 0.188. The van der Waals surface area contributed by atoms with Crippen molar-refractivity contribution in [3.63, 3.8) is 0 Å². The van der Waals surface area contributed by atoms with Crippen LogP contribution in [0.25, 0.3) is 0 Å². The normalized spacial score (nSPS) is 21.6. The van der Waals surface area contributed by atoms with Crippen molar-refractivity contribution in [2.45, 2.75) is 18.3 Å². The topological polar surface area (TPSA) is 37.3 Å². The predicted molar refractivity (Wildman–Crippen MR) is 69.6 cm³/mol. The van der Waals surface area contributed by atoms with Crippen molar-refractivity contribution in [3.05, 3.63) is 71.3 Å². The van der Waals surface area contributed by atoms with Gasteiger partial charge in [-0.15, -0.1) is 0 Å². The molecular formula is C16H14O2. The lowest BCUT2D eigenvalue weighted by atomic mass is 9.75. The van der Waals surface area contributed by atoms with Gasteiger partial charge < -0.3 is 5.11 Å². The van der Waals surface area contributed by atoms with Crippen LogP contribution in [-0.4, -0.2) is 11.1 Å². The third-order valence-corrected chi connectivity index (χ3v) is 3.88. The van der Waals surface area contributed by atoms with Crippen molar-refractivity contribution in [3.8, 4) is 0 Å². The third kappa shape index (κ3) is 1.39. The van der Waals surface area contributed by atoms with Crippen LogP contribution in [-0.2, 0) is 16.6 Å². The Morgan fingerprint density at radius 2 is 1.67 bits per heavy atom. The van der Waals surface area contributed by atoms with Crippen LogP contribution in [0.4, 0.5) is 0 Å². The second-order valence-electron chi connectivity index (χ2n) is 4.73. The highest BCUT2D eigenvalue weighted by Gasteiger charge is 2.46. The average Bonchev–Trinajstić information content (AvgIpc) is 2.80. The van der Waals surface area contributed by atoms with Crippen molar-refractivity contribution in [1.82, 2.24) is 0 Å². The van der Waals surface area contributed by atoms with Gasteiger partial charge in [0.15, 0.2) is 0 Å². The second kappa shape index (κ2) is 3.98. The van der Waals surface area contributed by atoms with Crippen LogP contribution < -0.4 is 0 Å². The molecule has 0 saturated heterocycles. The Morgan fingerprint density at radius 3 is 2.39 bits per heavy atom. The molecule has 1 atom stereocenters. The van der Waals surface area contributed by atoms with Crippen LogP contribution in [0.1, 0.15) is 23.1 Å². The van der Waals surface area contributed by atoms with Crippen molar-refractivity contribution in [2.75, 3.05) is 0 Å². The van der Waals surface area contributed by atoms with Crippen LogP contribution in [0.3, 0.4) is 0 Å². The minimum absolute atomic E-state index is 0.645. The summed E-state index contributed by atoms with van der Waals surface area (Å²) in [5.41, 5.74) is 2.12. The van der Waals surface area contributed by atoms with Gasteiger partial charge in [-0.25, -0.2) is 0 Å². The average molecular weight is 238 g/mol. The Labute approximate surface area is 106 Å². The number of hydrogen-bond acceptors (Lipinski definition) is 1. The van der Waals surface area contributed by atoms with Crippen LogP contribution in [0.15, 0.2) is 54.6 Å². The van der Waals surface area contributed by atoms with Crippen molar-refractivity contribution in [2.24, 2.45) is 0 Å². The highest BCUT2D eigenvalue weighted by atomic mass is 16.4. The van der Waals surface area contributed by atoms with Crippen molar-refractivity contribution in [1.29, 1.82) is 0 Å². The van der Waals surface area contributed by atoms with Gasteiger partial charge in [0, 0.05) is 0 Å².